The van der Waals surface area contributed by atoms with E-state index in [0.29, 0.717) is 6.04 Å². The van der Waals surface area contributed by atoms with Gasteiger partial charge in [-0.2, -0.15) is 0 Å². The number of anilines is 1. The van der Waals surface area contributed by atoms with Crippen LogP contribution in [0.3, 0.4) is 0 Å². The summed E-state index contributed by atoms with van der Waals surface area (Å²) in [7, 11) is 0. The zero-order valence-electron chi connectivity index (χ0n) is 8.70. The van der Waals surface area contributed by atoms with Crippen LogP contribution in [0.2, 0.25) is 0 Å². The molecule has 2 N–H and O–H groups in total. The fraction of sp³-hybridized carbons (Fsp3) is 0.250. The lowest BCUT2D eigenvalue weighted by Gasteiger charge is -1.99. The molecule has 0 unspecified atom stereocenters. The third-order valence-electron chi connectivity index (χ3n) is 2.65. The fourth-order valence-electron chi connectivity index (χ4n) is 1.59. The molecule has 1 aliphatic rings. The fourth-order valence-corrected chi connectivity index (χ4v) is 1.86. The van der Waals surface area contributed by atoms with E-state index in [1.165, 1.54) is 12.8 Å². The van der Waals surface area contributed by atoms with Gasteiger partial charge in [0.05, 0.1) is 11.9 Å². The maximum Gasteiger partial charge on any atom is 0.200 e. The predicted molar refractivity (Wildman–Crippen MR) is 68.4 cm³/mol. The number of nitrogens with zero attached hydrogens (tertiary/aromatic N) is 1. The summed E-state index contributed by atoms with van der Waals surface area (Å²) in [5.41, 5.74) is 2.20. The van der Waals surface area contributed by atoms with Crippen LogP contribution in [0.25, 0.3) is 11.3 Å². The first-order valence-corrected chi connectivity index (χ1v) is 6.18. The maximum absolute atomic E-state index is 4.32. The highest BCUT2D eigenvalue weighted by atomic mass is 79.9. The second-order valence-electron chi connectivity index (χ2n) is 4.07. The summed E-state index contributed by atoms with van der Waals surface area (Å²) in [4.78, 5) is 7.60. The monoisotopic (exact) mass is 277 g/mol. The van der Waals surface area contributed by atoms with Crippen molar-refractivity contribution in [3.05, 3.63) is 34.9 Å². The molecule has 1 heterocycles. The minimum absolute atomic E-state index is 0.629. The Hall–Kier alpha value is -1.29. The second kappa shape index (κ2) is 3.94. The van der Waals surface area contributed by atoms with Crippen molar-refractivity contribution in [3.8, 4) is 11.3 Å². The van der Waals surface area contributed by atoms with E-state index in [0.717, 1.165) is 21.7 Å². The third-order valence-corrected chi connectivity index (χ3v) is 3.18. The van der Waals surface area contributed by atoms with Crippen LogP contribution in [0.4, 0.5) is 5.95 Å². The molecule has 0 aliphatic heterocycles. The molecule has 1 fully saturated rings. The van der Waals surface area contributed by atoms with Gasteiger partial charge in [-0.15, -0.1) is 0 Å². The van der Waals surface area contributed by atoms with Crippen LogP contribution >= 0.6 is 15.9 Å². The van der Waals surface area contributed by atoms with Gasteiger partial charge in [0.15, 0.2) is 0 Å². The molecule has 0 amide bonds. The number of hydrogen-bond acceptors (Lipinski definition) is 2. The van der Waals surface area contributed by atoms with Crippen LogP contribution in [0.5, 0.6) is 0 Å². The molecule has 16 heavy (non-hydrogen) atoms. The standard InChI is InChI=1S/C12H12BrN3/c13-9-3-1-8(2-4-9)11-7-14-12(16-11)15-10-5-6-10/h1-4,7,10H,5-6H2,(H2,14,15,16). The topological polar surface area (TPSA) is 40.7 Å². The summed E-state index contributed by atoms with van der Waals surface area (Å²) in [5.74, 6) is 0.875. The normalized spacial score (nSPS) is 15.1. The number of aromatic nitrogens is 2. The SMILES string of the molecule is Brc1ccc(-c2cnc(NC3CC3)[nH]2)cc1. The lowest BCUT2D eigenvalue weighted by Crippen LogP contribution is -2.01. The van der Waals surface area contributed by atoms with E-state index in [1.807, 2.05) is 18.3 Å². The summed E-state index contributed by atoms with van der Waals surface area (Å²) >= 11 is 3.43. The van der Waals surface area contributed by atoms with Gasteiger partial charge < -0.3 is 10.3 Å². The molecule has 0 saturated heterocycles. The van der Waals surface area contributed by atoms with Crippen molar-refractivity contribution in [2.45, 2.75) is 18.9 Å². The van der Waals surface area contributed by atoms with E-state index in [-0.39, 0.29) is 0 Å². The van der Waals surface area contributed by atoms with Crippen LogP contribution in [0.15, 0.2) is 34.9 Å². The van der Waals surface area contributed by atoms with Gasteiger partial charge in [0, 0.05) is 10.5 Å². The van der Waals surface area contributed by atoms with Crippen molar-refractivity contribution in [1.29, 1.82) is 0 Å². The number of imidazole rings is 1. The molecular weight excluding hydrogens is 266 g/mol. The summed E-state index contributed by atoms with van der Waals surface area (Å²) in [6.45, 7) is 0. The number of benzene rings is 1. The third kappa shape index (κ3) is 2.11. The first-order valence-electron chi connectivity index (χ1n) is 5.39. The van der Waals surface area contributed by atoms with Crippen LogP contribution in [0, 0.1) is 0 Å². The highest BCUT2D eigenvalue weighted by Gasteiger charge is 2.21. The summed E-state index contributed by atoms with van der Waals surface area (Å²) in [6.07, 6.45) is 4.39. The van der Waals surface area contributed by atoms with Crippen LogP contribution in [-0.4, -0.2) is 16.0 Å². The molecular formula is C12H12BrN3. The lowest BCUT2D eigenvalue weighted by molar-refractivity contribution is 1.09. The van der Waals surface area contributed by atoms with Gasteiger partial charge in [-0.3, -0.25) is 0 Å². The molecule has 82 valence electrons. The van der Waals surface area contributed by atoms with Gasteiger partial charge in [-0.25, -0.2) is 4.98 Å². The van der Waals surface area contributed by atoms with Crippen molar-refractivity contribution in [2.24, 2.45) is 0 Å². The van der Waals surface area contributed by atoms with E-state index in [9.17, 15) is 0 Å². The summed E-state index contributed by atoms with van der Waals surface area (Å²) < 4.78 is 1.09. The first-order chi connectivity index (χ1) is 7.81. The van der Waals surface area contributed by atoms with Gasteiger partial charge >= 0.3 is 0 Å². The number of aromatic amines is 1. The Morgan fingerprint density at radius 3 is 2.69 bits per heavy atom. The summed E-state index contributed by atoms with van der Waals surface area (Å²) in [5, 5.41) is 3.34. The molecule has 0 spiro atoms. The molecule has 1 aromatic heterocycles. The molecule has 0 radical (unpaired) electrons. The number of H-pyrrole nitrogens is 1. The molecule has 3 nitrogen and oxygen atoms in total. The Bertz CT molecular complexity index is 485. The molecule has 1 aliphatic carbocycles. The maximum atomic E-state index is 4.32. The number of halogens is 1. The molecule has 3 rings (SSSR count). The van der Waals surface area contributed by atoms with Crippen molar-refractivity contribution in [2.75, 3.05) is 5.32 Å². The van der Waals surface area contributed by atoms with Gasteiger partial charge in [0.2, 0.25) is 5.95 Å². The highest BCUT2D eigenvalue weighted by molar-refractivity contribution is 9.10. The van der Waals surface area contributed by atoms with Crippen LogP contribution < -0.4 is 5.32 Å². The van der Waals surface area contributed by atoms with E-state index < -0.39 is 0 Å². The summed E-state index contributed by atoms with van der Waals surface area (Å²) in [6, 6.07) is 8.83. The van der Waals surface area contributed by atoms with Crippen LogP contribution in [-0.2, 0) is 0 Å². The zero-order valence-corrected chi connectivity index (χ0v) is 10.3. The smallest absolute Gasteiger partial charge is 0.200 e. The van der Waals surface area contributed by atoms with Gasteiger partial charge in [0.1, 0.15) is 0 Å². The van der Waals surface area contributed by atoms with Crippen molar-refractivity contribution < 1.29 is 0 Å². The van der Waals surface area contributed by atoms with Gasteiger partial charge in [-0.1, -0.05) is 28.1 Å². The Morgan fingerprint density at radius 1 is 1.25 bits per heavy atom. The average Bonchev–Trinajstić information content (AvgIpc) is 2.97. The highest BCUT2D eigenvalue weighted by Crippen LogP contribution is 2.25. The molecule has 0 bridgehead atoms. The number of hydrogen-bond donors (Lipinski definition) is 2. The van der Waals surface area contributed by atoms with Crippen molar-refractivity contribution >= 4 is 21.9 Å². The quantitative estimate of drug-likeness (QED) is 0.903. The predicted octanol–water partition coefficient (Wildman–Crippen LogP) is 3.41. The molecule has 4 heteroatoms. The van der Waals surface area contributed by atoms with Gasteiger partial charge in [-0.05, 0) is 30.5 Å². The van der Waals surface area contributed by atoms with E-state index >= 15 is 0 Å². The Kier molecular flexibility index (Phi) is 2.44. The Labute approximate surface area is 102 Å². The van der Waals surface area contributed by atoms with Gasteiger partial charge in [0.25, 0.3) is 0 Å². The first kappa shape index (κ1) is 9.90. The van der Waals surface area contributed by atoms with Crippen molar-refractivity contribution in [1.82, 2.24) is 9.97 Å². The minimum atomic E-state index is 0.629. The van der Waals surface area contributed by atoms with Crippen molar-refractivity contribution in [3.63, 3.8) is 0 Å². The van der Waals surface area contributed by atoms with E-state index in [1.54, 1.807) is 0 Å². The molecule has 1 saturated carbocycles. The average molecular weight is 278 g/mol. The molecule has 1 aromatic carbocycles. The Morgan fingerprint density at radius 2 is 2.00 bits per heavy atom. The van der Waals surface area contributed by atoms with E-state index in [2.05, 4.69) is 43.3 Å². The largest absolute Gasteiger partial charge is 0.353 e. The second-order valence-corrected chi connectivity index (χ2v) is 4.99. The minimum Gasteiger partial charge on any atom is -0.353 e. The molecule has 2 aromatic rings. The molecule has 0 atom stereocenters. The number of rotatable bonds is 3. The number of nitrogens with one attached hydrogen (secondary N) is 2. The Balaban J connectivity index is 1.82. The van der Waals surface area contributed by atoms with Crippen LogP contribution in [0.1, 0.15) is 12.8 Å². The van der Waals surface area contributed by atoms with E-state index in [4.69, 9.17) is 0 Å². The lowest BCUT2D eigenvalue weighted by atomic mass is 10.2. The zero-order chi connectivity index (χ0) is 11.0.